The second-order valence-electron chi connectivity index (χ2n) is 38.4. The lowest BCUT2D eigenvalue weighted by molar-refractivity contribution is -0.123. The fraction of sp³-hybridized carbons (Fsp3) is 0.613. The minimum absolute atomic E-state index is 0.0100. The summed E-state index contributed by atoms with van der Waals surface area (Å²) in [5.74, 6) is 23.2. The molecule has 0 amide bonds. The minimum atomic E-state index is -0.0509. The van der Waals surface area contributed by atoms with Crippen molar-refractivity contribution >= 4 is 116 Å². The lowest BCUT2D eigenvalue weighted by Gasteiger charge is -2.33. The van der Waals surface area contributed by atoms with Gasteiger partial charge in [0.1, 0.15) is 97.8 Å². The number of hydrogen-bond donors (Lipinski definition) is 1. The number of ether oxygens (including phenoxy) is 1. The van der Waals surface area contributed by atoms with E-state index >= 15 is 0 Å². The van der Waals surface area contributed by atoms with Crippen LogP contribution in [0.4, 0.5) is 0 Å². The molecule has 6 aliphatic heterocycles. The monoisotopic (exact) mass is 1770 g/mol. The van der Waals surface area contributed by atoms with E-state index in [4.69, 9.17) is 9.84 Å². The van der Waals surface area contributed by atoms with Gasteiger partial charge in [-0.25, -0.2) is 0 Å². The number of hydrogen-bond acceptors (Lipinski definition) is 7. The fourth-order valence-electron chi connectivity index (χ4n) is 18.3. The number of unbranched alkanes of at least 4 members (excludes halogenated alkanes) is 3. The highest BCUT2D eigenvalue weighted by Gasteiger charge is 2.55. The number of carbonyl (C=O) groups is 5. The molecule has 0 spiro atoms. The van der Waals surface area contributed by atoms with Crippen molar-refractivity contribution in [3.8, 4) is 11.5 Å². The van der Waals surface area contributed by atoms with Crippen molar-refractivity contribution < 1.29 is 33.8 Å². The third-order valence-corrected chi connectivity index (χ3v) is 45.1. The summed E-state index contributed by atoms with van der Waals surface area (Å²) in [6.45, 7) is 35.7. The van der Waals surface area contributed by atoms with Crippen LogP contribution in [0.1, 0.15) is 301 Å². The van der Waals surface area contributed by atoms with Crippen LogP contribution in [-0.2, 0) is 85.9 Å². The Morgan fingerprint density at radius 3 is 1.52 bits per heavy atom. The summed E-state index contributed by atoms with van der Waals surface area (Å²) >= 11 is 0. The van der Waals surface area contributed by atoms with E-state index in [-0.39, 0.29) is 63.9 Å². The standard InChI is InChI=1S/C20H33OS.C18H23OS.C17H23OS.C17H25OS.C13H21OS.C11H21OS.C10H12OS/c1-6-8-15-22(16-9-7-2)19(20(3,4)5)18(21)17-13-11-10-12-14-17;1-2-3-12-19-17-10-11-18(20-13-6-7-14-20)16-9-5-4-8-15(16)17;18-16(15-9-3-1-4-10-15)17(11-5-2-6-12-17)19-13-7-8-14-19;1-13-7-9-14(10-8-13)15(18)16(17(2,3)4)19-11-5-6-12-19;1-13(2)8-11(7-12(14)9-13)10-15-5-3-4-6-15;1-9(2)10(12)11(3,4)13-7-5-6-8-13;11-9-3-5-10(6-4-9)12-7-1-2-8-12/h10-14,19H,6-9,15-16H2,1-5H3;4-5,8-11H,2-3,6-7,12-14H2,1H3;1,3-4,9-10H,2,5-8,11-14H2;7-10,16H,5-6,11-12H2,1-4H3;7H,3-6,8-10H2,1-2H3;9H,5-8H2,1-4H3;3-6H,1-2,7-8H2/q6*+1;/p+1. The minimum Gasteiger partial charge on any atom is -0.508 e. The predicted octanol–water partition coefficient (Wildman–Crippen LogP) is 25.6. The summed E-state index contributed by atoms with van der Waals surface area (Å²) in [6.07, 6.45) is 33.5. The molecule has 6 heterocycles. The first kappa shape index (κ1) is 101. The molecule has 1 saturated carbocycles. The highest BCUT2D eigenvalue weighted by molar-refractivity contribution is 8.00. The van der Waals surface area contributed by atoms with Gasteiger partial charge in [-0.3, -0.25) is 24.0 Å². The lowest BCUT2D eigenvalue weighted by atomic mass is 9.77. The summed E-state index contributed by atoms with van der Waals surface area (Å²) in [7, 11) is 2.74. The summed E-state index contributed by atoms with van der Waals surface area (Å²) < 4.78 is 5.94. The summed E-state index contributed by atoms with van der Waals surface area (Å²) in [5, 5.41) is 12.1. The molecule has 14 rings (SSSR count). The first-order valence-corrected chi connectivity index (χ1v) is 57.8. The molecule has 8 aliphatic rings. The van der Waals surface area contributed by atoms with E-state index in [9.17, 15) is 24.0 Å². The quantitative estimate of drug-likeness (QED) is 0.0327. The molecule has 6 saturated heterocycles. The molecule has 14 heteroatoms. The van der Waals surface area contributed by atoms with Gasteiger partial charge in [0.15, 0.2) is 41.4 Å². The third-order valence-electron chi connectivity index (χ3n) is 24.6. The van der Waals surface area contributed by atoms with Gasteiger partial charge in [-0.05, 0) is 229 Å². The smallest absolute Gasteiger partial charge is 0.217 e. The molecule has 0 aromatic heterocycles. The van der Waals surface area contributed by atoms with E-state index in [0.29, 0.717) is 89.1 Å². The van der Waals surface area contributed by atoms with E-state index < -0.39 is 0 Å². The Morgan fingerprint density at radius 2 is 0.992 bits per heavy atom. The molecule has 0 bridgehead atoms. The second kappa shape index (κ2) is 50.9. The van der Waals surface area contributed by atoms with E-state index in [2.05, 4.69) is 145 Å². The number of allylic oxidation sites excluding steroid dienone is 1. The number of phenolic OH excluding ortho intramolecular Hbond substituents is 1. The van der Waals surface area contributed by atoms with Crippen LogP contribution in [0.15, 0.2) is 167 Å². The number of fused-ring (bicyclic) bond motifs is 1. The van der Waals surface area contributed by atoms with Crippen LogP contribution in [0.25, 0.3) is 10.8 Å². The Kier molecular flexibility index (Phi) is 42.9. The molecular formula is C106H159O7S7+7. The molecule has 2 unspecified atom stereocenters. The van der Waals surface area contributed by atoms with E-state index in [1.165, 1.54) is 242 Å². The number of aryl methyl sites for hydroxylation is 1. The van der Waals surface area contributed by atoms with Crippen molar-refractivity contribution in [1.29, 1.82) is 0 Å². The van der Waals surface area contributed by atoms with Gasteiger partial charge in [-0.15, -0.1) is 0 Å². The number of phenols is 1. The first-order valence-electron chi connectivity index (χ1n) is 46.6. The number of aromatic hydroxyl groups is 1. The Morgan fingerprint density at radius 1 is 0.500 bits per heavy atom. The van der Waals surface area contributed by atoms with Crippen molar-refractivity contribution in [1.82, 2.24) is 0 Å². The topological polar surface area (TPSA) is 115 Å². The molecular weight excluding hydrogens is 1610 g/mol. The SMILES string of the molecule is CC(C)C(=O)C(C)(C)[S+]1CCCC1.CC1(C)CC(=O)C=C(C[S+]2CCCC2)C1.CCCCOc1ccc([S+]2CCCC2)c2ccccc12.CCCC[S+](CCCC)C(C(=O)c1ccccc1)C(C)(C)C.Cc1ccc(C(=O)C([S+]2CCCC2)C(C)(C)C)cc1.O=C(c1ccccc1)C1([S+]2CCCC2)CCCCC1.Oc1ccc([S+]2CCCC2)cc1. The van der Waals surface area contributed by atoms with Gasteiger partial charge in [0.05, 0.1) is 6.61 Å². The van der Waals surface area contributed by atoms with E-state index in [1.54, 1.807) is 17.0 Å². The van der Waals surface area contributed by atoms with Crippen molar-refractivity contribution in [3.63, 3.8) is 0 Å². The molecule has 7 nitrogen and oxygen atoms in total. The fourth-order valence-corrected chi connectivity index (χ4v) is 38.4. The lowest BCUT2D eigenvalue weighted by Crippen LogP contribution is -2.48. The Bertz CT molecular complexity index is 4030. The predicted molar refractivity (Wildman–Crippen MR) is 538 cm³/mol. The number of Topliss-reactive ketones (excluding diaryl/α,β-unsaturated/α-hetero) is 4. The maximum Gasteiger partial charge on any atom is 0.217 e. The van der Waals surface area contributed by atoms with Gasteiger partial charge >= 0.3 is 0 Å². The van der Waals surface area contributed by atoms with Gasteiger partial charge < -0.3 is 9.84 Å². The van der Waals surface area contributed by atoms with Crippen LogP contribution in [0.2, 0.25) is 0 Å². The summed E-state index contributed by atoms with van der Waals surface area (Å²) in [5.41, 5.74) is 5.67. The highest BCUT2D eigenvalue weighted by Crippen LogP contribution is 2.44. The zero-order chi connectivity index (χ0) is 86.9. The normalized spacial score (nSPS) is 19.1. The largest absolute Gasteiger partial charge is 0.508 e. The maximum atomic E-state index is 13.2. The van der Waals surface area contributed by atoms with Gasteiger partial charge in [0.2, 0.25) is 17.3 Å². The molecule has 120 heavy (non-hydrogen) atoms. The van der Waals surface area contributed by atoms with Crippen molar-refractivity contribution in [2.45, 2.75) is 301 Å². The summed E-state index contributed by atoms with van der Waals surface area (Å²) in [6, 6.07) is 49.0. The van der Waals surface area contributed by atoms with Crippen LogP contribution in [0.5, 0.6) is 11.5 Å². The van der Waals surface area contributed by atoms with Crippen LogP contribution in [-0.4, -0.2) is 147 Å². The molecule has 1 N–H and O–H groups in total. The van der Waals surface area contributed by atoms with Gasteiger partial charge in [-0.2, -0.15) is 0 Å². The second-order valence-corrected chi connectivity index (χ2v) is 55.4. The average Bonchev–Trinajstić information content (AvgIpc) is 1.40. The zero-order valence-corrected chi connectivity index (χ0v) is 83.1. The van der Waals surface area contributed by atoms with Crippen LogP contribution < -0.4 is 4.74 Å². The summed E-state index contributed by atoms with van der Waals surface area (Å²) in [4.78, 5) is 65.7. The molecule has 6 aromatic carbocycles. The van der Waals surface area contributed by atoms with Crippen LogP contribution in [0.3, 0.4) is 0 Å². The average molecular weight is 1770 g/mol. The number of benzene rings is 6. The van der Waals surface area contributed by atoms with Gasteiger partial charge in [0, 0.05) is 107 Å². The molecule has 660 valence electrons. The molecule has 0 radical (unpaired) electrons. The van der Waals surface area contributed by atoms with Crippen molar-refractivity contribution in [3.05, 3.63) is 179 Å². The number of rotatable bonds is 26. The Labute approximate surface area is 750 Å². The van der Waals surface area contributed by atoms with Crippen LogP contribution >= 0.6 is 0 Å². The van der Waals surface area contributed by atoms with Crippen LogP contribution in [0, 0.1) is 29.1 Å². The van der Waals surface area contributed by atoms with Crippen molar-refractivity contribution in [2.24, 2.45) is 22.2 Å². The van der Waals surface area contributed by atoms with E-state index in [0.717, 1.165) is 61.2 Å². The molecule has 7 fully saturated rings. The first-order chi connectivity index (χ1) is 57.4. The highest BCUT2D eigenvalue weighted by atomic mass is 32.2. The zero-order valence-electron chi connectivity index (χ0n) is 77.4. The third kappa shape index (κ3) is 31.3. The van der Waals surface area contributed by atoms with Crippen molar-refractivity contribution in [2.75, 3.05) is 92.9 Å². The number of carbonyl (C=O) groups excluding carboxylic acids is 5. The number of ketones is 5. The van der Waals surface area contributed by atoms with Gasteiger partial charge in [0.25, 0.3) is 0 Å². The molecule has 2 aliphatic carbocycles. The Balaban J connectivity index is 0.000000176. The molecule has 2 atom stereocenters. The van der Waals surface area contributed by atoms with E-state index in [1.807, 2.05) is 105 Å². The maximum absolute atomic E-state index is 13.2. The Hall–Kier alpha value is -4.28. The van der Waals surface area contributed by atoms with Gasteiger partial charge in [-0.1, -0.05) is 224 Å². The molecule has 6 aromatic rings.